The van der Waals surface area contributed by atoms with Crippen LogP contribution in [0.5, 0.6) is 5.75 Å². The quantitative estimate of drug-likeness (QED) is 0.843. The van der Waals surface area contributed by atoms with Crippen molar-refractivity contribution in [2.24, 2.45) is 5.92 Å². The summed E-state index contributed by atoms with van der Waals surface area (Å²) < 4.78 is 5.50. The average Bonchev–Trinajstić information content (AvgIpc) is 2.42. The van der Waals surface area contributed by atoms with E-state index in [9.17, 15) is 5.11 Å². The van der Waals surface area contributed by atoms with Crippen molar-refractivity contribution in [3.05, 3.63) is 29.8 Å². The van der Waals surface area contributed by atoms with Crippen LogP contribution in [0, 0.1) is 5.92 Å². The standard InChI is InChI=1S/C15H23NO2/c1-2-15(13-5-7-14(17)8-6-13)16-10-12-4-3-9-18-11-12/h5-8,12,15-17H,2-4,9-11H2,1H3. The molecule has 1 fully saturated rings. The Morgan fingerprint density at radius 1 is 1.39 bits per heavy atom. The first-order valence-electron chi connectivity index (χ1n) is 6.89. The van der Waals surface area contributed by atoms with Crippen molar-refractivity contribution < 1.29 is 9.84 Å². The first kappa shape index (κ1) is 13.4. The molecular weight excluding hydrogens is 226 g/mol. The Kier molecular flexibility index (Phi) is 5.02. The van der Waals surface area contributed by atoms with Crippen molar-refractivity contribution in [3.8, 4) is 5.75 Å². The zero-order chi connectivity index (χ0) is 12.8. The molecule has 0 saturated carbocycles. The van der Waals surface area contributed by atoms with E-state index in [4.69, 9.17) is 4.74 Å². The largest absolute Gasteiger partial charge is 0.508 e. The normalized spacial score (nSPS) is 21.7. The van der Waals surface area contributed by atoms with Gasteiger partial charge in [-0.1, -0.05) is 19.1 Å². The van der Waals surface area contributed by atoms with Gasteiger partial charge in [-0.25, -0.2) is 0 Å². The van der Waals surface area contributed by atoms with E-state index < -0.39 is 0 Å². The van der Waals surface area contributed by atoms with Crippen LogP contribution in [-0.2, 0) is 4.74 Å². The van der Waals surface area contributed by atoms with Gasteiger partial charge in [0.15, 0.2) is 0 Å². The lowest BCUT2D eigenvalue weighted by atomic mass is 10.00. The highest BCUT2D eigenvalue weighted by Gasteiger charge is 2.16. The Labute approximate surface area is 109 Å². The zero-order valence-electron chi connectivity index (χ0n) is 11.1. The molecule has 100 valence electrons. The van der Waals surface area contributed by atoms with Crippen LogP contribution in [0.2, 0.25) is 0 Å². The van der Waals surface area contributed by atoms with E-state index in [1.165, 1.54) is 18.4 Å². The molecule has 0 aromatic heterocycles. The lowest BCUT2D eigenvalue weighted by Gasteiger charge is -2.25. The van der Waals surface area contributed by atoms with E-state index in [1.54, 1.807) is 12.1 Å². The third-order valence-electron chi connectivity index (χ3n) is 3.61. The topological polar surface area (TPSA) is 41.5 Å². The highest BCUT2D eigenvalue weighted by Crippen LogP contribution is 2.20. The number of hydrogen-bond acceptors (Lipinski definition) is 3. The third-order valence-corrected chi connectivity index (χ3v) is 3.61. The molecule has 2 unspecified atom stereocenters. The molecule has 0 aliphatic carbocycles. The first-order valence-corrected chi connectivity index (χ1v) is 6.89. The van der Waals surface area contributed by atoms with Gasteiger partial charge in [0.2, 0.25) is 0 Å². The molecule has 1 saturated heterocycles. The van der Waals surface area contributed by atoms with E-state index in [2.05, 4.69) is 12.2 Å². The number of nitrogens with one attached hydrogen (secondary N) is 1. The number of hydrogen-bond donors (Lipinski definition) is 2. The predicted octanol–water partition coefficient (Wildman–Crippen LogP) is 2.86. The van der Waals surface area contributed by atoms with Crippen LogP contribution in [0.4, 0.5) is 0 Å². The molecule has 1 aliphatic heterocycles. The van der Waals surface area contributed by atoms with Crippen molar-refractivity contribution in [1.82, 2.24) is 5.32 Å². The predicted molar refractivity (Wildman–Crippen MR) is 72.7 cm³/mol. The molecule has 0 radical (unpaired) electrons. The van der Waals surface area contributed by atoms with Gasteiger partial charge in [0, 0.05) is 19.2 Å². The second kappa shape index (κ2) is 6.76. The van der Waals surface area contributed by atoms with Gasteiger partial charge in [-0.3, -0.25) is 0 Å². The van der Waals surface area contributed by atoms with Crippen molar-refractivity contribution in [3.63, 3.8) is 0 Å². The second-order valence-corrected chi connectivity index (χ2v) is 5.04. The first-order chi connectivity index (χ1) is 8.79. The Morgan fingerprint density at radius 2 is 2.17 bits per heavy atom. The molecule has 1 aromatic rings. The summed E-state index contributed by atoms with van der Waals surface area (Å²) in [6, 6.07) is 7.86. The summed E-state index contributed by atoms with van der Waals surface area (Å²) in [4.78, 5) is 0. The summed E-state index contributed by atoms with van der Waals surface area (Å²) in [5.74, 6) is 0.971. The number of ether oxygens (including phenoxy) is 1. The van der Waals surface area contributed by atoms with E-state index >= 15 is 0 Å². The number of aromatic hydroxyl groups is 1. The number of phenolic OH excluding ortho intramolecular Hbond substituents is 1. The molecular formula is C15H23NO2. The average molecular weight is 249 g/mol. The van der Waals surface area contributed by atoms with Crippen LogP contribution in [0.1, 0.15) is 37.8 Å². The Balaban J connectivity index is 1.86. The molecule has 18 heavy (non-hydrogen) atoms. The van der Waals surface area contributed by atoms with Gasteiger partial charge in [-0.05, 0) is 42.9 Å². The number of benzene rings is 1. The number of rotatable bonds is 5. The van der Waals surface area contributed by atoms with Gasteiger partial charge >= 0.3 is 0 Å². The fourth-order valence-corrected chi connectivity index (χ4v) is 2.48. The van der Waals surface area contributed by atoms with E-state index in [0.717, 1.165) is 26.2 Å². The Hall–Kier alpha value is -1.06. The van der Waals surface area contributed by atoms with Crippen molar-refractivity contribution >= 4 is 0 Å². The molecule has 0 spiro atoms. The lowest BCUT2D eigenvalue weighted by molar-refractivity contribution is 0.0537. The molecule has 1 aliphatic rings. The van der Waals surface area contributed by atoms with Crippen LogP contribution in [0.15, 0.2) is 24.3 Å². The Bertz CT molecular complexity index is 344. The lowest BCUT2D eigenvalue weighted by Crippen LogP contribution is -2.31. The summed E-state index contributed by atoms with van der Waals surface area (Å²) in [6.07, 6.45) is 3.50. The highest BCUT2D eigenvalue weighted by molar-refractivity contribution is 5.27. The van der Waals surface area contributed by atoms with Gasteiger partial charge in [0.05, 0.1) is 6.61 Å². The maximum atomic E-state index is 9.31. The minimum atomic E-state index is 0.328. The van der Waals surface area contributed by atoms with E-state index in [-0.39, 0.29) is 0 Å². The summed E-state index contributed by atoms with van der Waals surface area (Å²) in [5.41, 5.74) is 1.24. The SMILES string of the molecule is CCC(NCC1CCCOC1)c1ccc(O)cc1. The molecule has 3 nitrogen and oxygen atoms in total. The summed E-state index contributed by atoms with van der Waals surface area (Å²) in [5, 5.41) is 12.9. The van der Waals surface area contributed by atoms with Crippen LogP contribution in [-0.4, -0.2) is 24.9 Å². The molecule has 1 heterocycles. The van der Waals surface area contributed by atoms with Gasteiger partial charge < -0.3 is 15.2 Å². The van der Waals surface area contributed by atoms with Gasteiger partial charge in [-0.15, -0.1) is 0 Å². The molecule has 0 bridgehead atoms. The molecule has 2 rings (SSSR count). The summed E-state index contributed by atoms with van der Waals surface area (Å²) in [7, 11) is 0. The zero-order valence-corrected chi connectivity index (χ0v) is 11.1. The van der Waals surface area contributed by atoms with Gasteiger partial charge in [0.1, 0.15) is 5.75 Å². The van der Waals surface area contributed by atoms with Crippen molar-refractivity contribution in [2.45, 2.75) is 32.2 Å². The van der Waals surface area contributed by atoms with Crippen LogP contribution in [0.3, 0.4) is 0 Å². The minimum absolute atomic E-state index is 0.328. The van der Waals surface area contributed by atoms with Crippen molar-refractivity contribution in [1.29, 1.82) is 0 Å². The van der Waals surface area contributed by atoms with E-state index in [0.29, 0.717) is 17.7 Å². The smallest absolute Gasteiger partial charge is 0.115 e. The maximum Gasteiger partial charge on any atom is 0.115 e. The second-order valence-electron chi connectivity index (χ2n) is 5.04. The van der Waals surface area contributed by atoms with Gasteiger partial charge in [-0.2, -0.15) is 0 Å². The molecule has 2 atom stereocenters. The molecule has 2 N–H and O–H groups in total. The monoisotopic (exact) mass is 249 g/mol. The fraction of sp³-hybridized carbons (Fsp3) is 0.600. The maximum absolute atomic E-state index is 9.31. The number of phenols is 1. The summed E-state index contributed by atoms with van der Waals surface area (Å²) in [6.45, 7) is 5.01. The molecule has 0 amide bonds. The highest BCUT2D eigenvalue weighted by atomic mass is 16.5. The van der Waals surface area contributed by atoms with E-state index in [1.807, 2.05) is 12.1 Å². The fourth-order valence-electron chi connectivity index (χ4n) is 2.48. The van der Waals surface area contributed by atoms with Crippen LogP contribution >= 0.6 is 0 Å². The molecule has 3 heteroatoms. The van der Waals surface area contributed by atoms with Crippen LogP contribution in [0.25, 0.3) is 0 Å². The van der Waals surface area contributed by atoms with Gasteiger partial charge in [0.25, 0.3) is 0 Å². The summed E-state index contributed by atoms with van der Waals surface area (Å²) >= 11 is 0. The van der Waals surface area contributed by atoms with Crippen molar-refractivity contribution in [2.75, 3.05) is 19.8 Å². The van der Waals surface area contributed by atoms with Crippen LogP contribution < -0.4 is 5.32 Å². The third kappa shape index (κ3) is 3.72. The minimum Gasteiger partial charge on any atom is -0.508 e. The Morgan fingerprint density at radius 3 is 2.78 bits per heavy atom. The molecule has 1 aromatic carbocycles.